The van der Waals surface area contributed by atoms with E-state index in [1.54, 1.807) is 0 Å². The summed E-state index contributed by atoms with van der Waals surface area (Å²) in [5, 5.41) is 3.93. The van der Waals surface area contributed by atoms with Crippen LogP contribution in [0, 0.1) is 12.8 Å². The summed E-state index contributed by atoms with van der Waals surface area (Å²) < 4.78 is 0. The number of benzene rings is 1. The van der Waals surface area contributed by atoms with Gasteiger partial charge in [-0.15, -0.1) is 11.3 Å². The molecule has 3 N–H and O–H groups in total. The van der Waals surface area contributed by atoms with E-state index >= 15 is 0 Å². The predicted molar refractivity (Wildman–Crippen MR) is 92.1 cm³/mol. The van der Waals surface area contributed by atoms with Crippen LogP contribution in [0.4, 0.5) is 0 Å². The van der Waals surface area contributed by atoms with Crippen LogP contribution in [0.15, 0.2) is 30.3 Å². The molecule has 1 aromatic carbocycles. The largest absolute Gasteiger partial charge is 0.345 e. The highest BCUT2D eigenvalue weighted by molar-refractivity contribution is 7.17. The Bertz CT molecular complexity index is 651. The van der Waals surface area contributed by atoms with E-state index in [-0.39, 0.29) is 11.8 Å². The summed E-state index contributed by atoms with van der Waals surface area (Å²) >= 11 is 1.42. The molecule has 22 heavy (non-hydrogen) atoms. The number of nitrogens with two attached hydrogens (primary N) is 1. The standard InChI is InChI=1S/C17H23N3OS/c1-11(2)17(4,10-18)20-15(21)14-12(3)19-16(22-14)13-8-6-5-7-9-13/h5-9,11H,10,18H2,1-4H3,(H,20,21). The lowest BCUT2D eigenvalue weighted by atomic mass is 9.88. The van der Waals surface area contributed by atoms with E-state index in [1.165, 1.54) is 11.3 Å². The van der Waals surface area contributed by atoms with Crippen molar-refractivity contribution in [3.05, 3.63) is 40.9 Å². The average Bonchev–Trinajstić information content (AvgIpc) is 2.90. The summed E-state index contributed by atoms with van der Waals surface area (Å²) in [7, 11) is 0. The zero-order chi connectivity index (χ0) is 16.3. The molecule has 0 spiro atoms. The van der Waals surface area contributed by atoms with Gasteiger partial charge in [0, 0.05) is 12.1 Å². The van der Waals surface area contributed by atoms with Crippen molar-refractivity contribution in [2.75, 3.05) is 6.54 Å². The van der Waals surface area contributed by atoms with Gasteiger partial charge in [0.25, 0.3) is 5.91 Å². The smallest absolute Gasteiger partial charge is 0.263 e. The second-order valence-electron chi connectivity index (χ2n) is 6.03. The minimum absolute atomic E-state index is 0.0983. The molecule has 1 amide bonds. The second-order valence-corrected chi connectivity index (χ2v) is 7.03. The fraction of sp³-hybridized carbons (Fsp3) is 0.412. The van der Waals surface area contributed by atoms with Crippen LogP contribution < -0.4 is 11.1 Å². The van der Waals surface area contributed by atoms with E-state index in [0.717, 1.165) is 16.3 Å². The van der Waals surface area contributed by atoms with Gasteiger partial charge in [0.1, 0.15) is 9.88 Å². The van der Waals surface area contributed by atoms with Crippen molar-refractivity contribution in [2.24, 2.45) is 11.7 Å². The van der Waals surface area contributed by atoms with E-state index in [1.807, 2.05) is 44.2 Å². The number of hydrogen-bond acceptors (Lipinski definition) is 4. The maximum atomic E-state index is 12.6. The van der Waals surface area contributed by atoms with Crippen LogP contribution in [0.3, 0.4) is 0 Å². The highest BCUT2D eigenvalue weighted by atomic mass is 32.1. The Morgan fingerprint density at radius 2 is 2.00 bits per heavy atom. The molecular weight excluding hydrogens is 294 g/mol. The van der Waals surface area contributed by atoms with Gasteiger partial charge in [-0.25, -0.2) is 4.98 Å². The Morgan fingerprint density at radius 1 is 1.36 bits per heavy atom. The van der Waals surface area contributed by atoms with Crippen molar-refractivity contribution in [3.63, 3.8) is 0 Å². The summed E-state index contributed by atoms with van der Waals surface area (Å²) in [6.45, 7) is 8.36. The first-order valence-electron chi connectivity index (χ1n) is 7.43. The molecular formula is C17H23N3OS. The van der Waals surface area contributed by atoms with Crippen LogP contribution in [0.2, 0.25) is 0 Å². The van der Waals surface area contributed by atoms with Crippen LogP contribution in [-0.2, 0) is 0 Å². The number of carbonyl (C=O) groups is 1. The number of nitrogens with one attached hydrogen (secondary N) is 1. The van der Waals surface area contributed by atoms with Crippen molar-refractivity contribution >= 4 is 17.2 Å². The first kappa shape index (κ1) is 16.6. The van der Waals surface area contributed by atoms with Crippen molar-refractivity contribution < 1.29 is 4.79 Å². The summed E-state index contributed by atoms with van der Waals surface area (Å²) in [4.78, 5) is 17.8. The van der Waals surface area contributed by atoms with Crippen LogP contribution in [0.25, 0.3) is 10.6 Å². The number of hydrogen-bond donors (Lipinski definition) is 2. The van der Waals surface area contributed by atoms with E-state index in [2.05, 4.69) is 24.1 Å². The molecule has 1 aromatic heterocycles. The van der Waals surface area contributed by atoms with Crippen LogP contribution in [0.5, 0.6) is 0 Å². The molecule has 0 aliphatic heterocycles. The molecule has 1 heterocycles. The second kappa shape index (κ2) is 6.58. The van der Waals surface area contributed by atoms with Gasteiger partial charge in [0.05, 0.1) is 11.2 Å². The average molecular weight is 317 g/mol. The number of aryl methyl sites for hydroxylation is 1. The Morgan fingerprint density at radius 3 is 2.55 bits per heavy atom. The Kier molecular flexibility index (Phi) is 4.98. The third kappa shape index (κ3) is 3.36. The SMILES string of the molecule is Cc1nc(-c2ccccc2)sc1C(=O)NC(C)(CN)C(C)C. The molecule has 0 saturated heterocycles. The molecule has 2 aromatic rings. The highest BCUT2D eigenvalue weighted by Gasteiger charge is 2.30. The number of thiazole rings is 1. The molecule has 0 radical (unpaired) electrons. The van der Waals surface area contributed by atoms with E-state index in [4.69, 9.17) is 5.73 Å². The molecule has 118 valence electrons. The fourth-order valence-electron chi connectivity index (χ4n) is 2.06. The van der Waals surface area contributed by atoms with Crippen LogP contribution >= 0.6 is 11.3 Å². The van der Waals surface area contributed by atoms with Gasteiger partial charge in [-0.05, 0) is 19.8 Å². The third-order valence-corrected chi connectivity index (χ3v) is 5.33. The number of rotatable bonds is 5. The molecule has 1 unspecified atom stereocenters. The first-order valence-corrected chi connectivity index (χ1v) is 8.24. The van der Waals surface area contributed by atoms with Crippen molar-refractivity contribution in [1.29, 1.82) is 0 Å². The van der Waals surface area contributed by atoms with Gasteiger partial charge in [0.15, 0.2) is 0 Å². The molecule has 1 atom stereocenters. The van der Waals surface area contributed by atoms with Gasteiger partial charge < -0.3 is 11.1 Å². The normalized spacial score (nSPS) is 13.9. The molecule has 5 heteroatoms. The predicted octanol–water partition coefficient (Wildman–Crippen LogP) is 3.22. The highest BCUT2D eigenvalue weighted by Crippen LogP contribution is 2.28. The zero-order valence-electron chi connectivity index (χ0n) is 13.5. The van der Waals surface area contributed by atoms with E-state index < -0.39 is 5.54 Å². The number of carbonyl (C=O) groups excluding carboxylic acids is 1. The minimum Gasteiger partial charge on any atom is -0.345 e. The van der Waals surface area contributed by atoms with E-state index in [9.17, 15) is 4.79 Å². The topological polar surface area (TPSA) is 68.0 Å². The lowest BCUT2D eigenvalue weighted by Gasteiger charge is -2.33. The van der Waals surface area contributed by atoms with Gasteiger partial charge in [-0.3, -0.25) is 4.79 Å². The lowest BCUT2D eigenvalue weighted by molar-refractivity contribution is 0.0886. The molecule has 0 saturated carbocycles. The lowest BCUT2D eigenvalue weighted by Crippen LogP contribution is -2.54. The summed E-state index contributed by atoms with van der Waals surface area (Å²) in [6, 6.07) is 9.90. The van der Waals surface area contributed by atoms with Crippen molar-refractivity contribution in [1.82, 2.24) is 10.3 Å². The third-order valence-electron chi connectivity index (χ3n) is 4.12. The maximum absolute atomic E-state index is 12.6. The van der Waals surface area contributed by atoms with Gasteiger partial charge in [-0.1, -0.05) is 44.2 Å². The van der Waals surface area contributed by atoms with Crippen molar-refractivity contribution in [3.8, 4) is 10.6 Å². The van der Waals surface area contributed by atoms with Crippen LogP contribution in [0.1, 0.15) is 36.1 Å². The van der Waals surface area contributed by atoms with Crippen LogP contribution in [-0.4, -0.2) is 23.0 Å². The molecule has 0 fully saturated rings. The quantitative estimate of drug-likeness (QED) is 0.889. The monoisotopic (exact) mass is 317 g/mol. The van der Waals surface area contributed by atoms with Gasteiger partial charge in [-0.2, -0.15) is 0 Å². The molecule has 0 aliphatic carbocycles. The molecule has 2 rings (SSSR count). The van der Waals surface area contributed by atoms with Gasteiger partial charge in [0.2, 0.25) is 0 Å². The summed E-state index contributed by atoms with van der Waals surface area (Å²) in [5.41, 5.74) is 7.21. The summed E-state index contributed by atoms with van der Waals surface area (Å²) in [6.07, 6.45) is 0. The zero-order valence-corrected chi connectivity index (χ0v) is 14.3. The number of amides is 1. The first-order chi connectivity index (χ1) is 10.4. The molecule has 4 nitrogen and oxygen atoms in total. The Labute approximate surface area is 135 Å². The fourth-order valence-corrected chi connectivity index (χ4v) is 3.03. The molecule has 0 bridgehead atoms. The Balaban J connectivity index is 2.26. The minimum atomic E-state index is -0.416. The maximum Gasteiger partial charge on any atom is 0.263 e. The van der Waals surface area contributed by atoms with Gasteiger partial charge >= 0.3 is 0 Å². The van der Waals surface area contributed by atoms with Crippen molar-refractivity contribution in [2.45, 2.75) is 33.2 Å². The molecule has 0 aliphatic rings. The number of aromatic nitrogens is 1. The number of nitrogens with zero attached hydrogens (tertiary/aromatic N) is 1. The summed E-state index contributed by atoms with van der Waals surface area (Å²) in [5.74, 6) is 0.155. The Hall–Kier alpha value is -1.72. The van der Waals surface area contributed by atoms with E-state index in [0.29, 0.717) is 11.4 Å².